The van der Waals surface area contributed by atoms with Crippen molar-refractivity contribution in [3.05, 3.63) is 0 Å². The number of nitrogens with one attached hydrogen (secondary N) is 1. The van der Waals surface area contributed by atoms with Crippen LogP contribution in [0.2, 0.25) is 0 Å². The average molecular weight is 214 g/mol. The molecule has 1 saturated heterocycles. The van der Waals surface area contributed by atoms with Crippen molar-refractivity contribution in [2.75, 3.05) is 33.3 Å². The molecule has 2 unspecified atom stereocenters. The Balaban J connectivity index is 2.24. The molecular weight excluding hydrogens is 188 g/mol. The molecule has 0 aromatic heterocycles. The molecule has 0 spiro atoms. The highest BCUT2D eigenvalue weighted by molar-refractivity contribution is 4.81. The highest BCUT2D eigenvalue weighted by Gasteiger charge is 2.23. The lowest BCUT2D eigenvalue weighted by Crippen LogP contribution is -2.47. The van der Waals surface area contributed by atoms with E-state index in [0.717, 1.165) is 25.4 Å². The van der Waals surface area contributed by atoms with Gasteiger partial charge in [0.15, 0.2) is 0 Å². The van der Waals surface area contributed by atoms with Crippen LogP contribution in [0.4, 0.5) is 0 Å². The molecule has 90 valence electrons. The predicted molar refractivity (Wildman–Crippen MR) is 64.0 cm³/mol. The molecule has 0 bridgehead atoms. The molecular formula is C12H26N2O. The molecule has 1 aliphatic heterocycles. The summed E-state index contributed by atoms with van der Waals surface area (Å²) in [6, 6.07) is 0.631. The van der Waals surface area contributed by atoms with Crippen LogP contribution >= 0.6 is 0 Å². The first kappa shape index (κ1) is 12.9. The molecule has 1 aliphatic rings. The Kier molecular flexibility index (Phi) is 6.22. The fourth-order valence-electron chi connectivity index (χ4n) is 2.59. The maximum absolute atomic E-state index is 8.73. The van der Waals surface area contributed by atoms with E-state index in [2.05, 4.69) is 24.2 Å². The molecule has 0 aromatic carbocycles. The van der Waals surface area contributed by atoms with Crippen LogP contribution in [0.25, 0.3) is 0 Å². The number of likely N-dealkylation sites (N-methyl/N-ethyl adjacent to an activating group) is 1. The van der Waals surface area contributed by atoms with E-state index in [4.69, 9.17) is 5.11 Å². The van der Waals surface area contributed by atoms with Crippen molar-refractivity contribution in [1.82, 2.24) is 10.2 Å². The number of hydrogen-bond acceptors (Lipinski definition) is 3. The largest absolute Gasteiger partial charge is 0.396 e. The van der Waals surface area contributed by atoms with Gasteiger partial charge in [-0.1, -0.05) is 13.3 Å². The van der Waals surface area contributed by atoms with Crippen LogP contribution in [-0.4, -0.2) is 49.3 Å². The van der Waals surface area contributed by atoms with Crippen molar-refractivity contribution >= 4 is 0 Å². The summed E-state index contributed by atoms with van der Waals surface area (Å²) in [6.45, 7) is 5.93. The lowest BCUT2D eigenvalue weighted by molar-refractivity contribution is 0.160. The molecule has 0 saturated carbocycles. The van der Waals surface area contributed by atoms with E-state index >= 15 is 0 Å². The molecule has 1 rings (SSSR count). The molecule has 3 nitrogen and oxygen atoms in total. The van der Waals surface area contributed by atoms with Crippen molar-refractivity contribution < 1.29 is 5.11 Å². The number of rotatable bonds is 6. The van der Waals surface area contributed by atoms with Crippen molar-refractivity contribution in [3.8, 4) is 0 Å². The van der Waals surface area contributed by atoms with E-state index in [9.17, 15) is 0 Å². The van der Waals surface area contributed by atoms with Gasteiger partial charge in [-0.05, 0) is 38.8 Å². The zero-order chi connectivity index (χ0) is 11.1. The van der Waals surface area contributed by atoms with Crippen LogP contribution in [0.5, 0.6) is 0 Å². The van der Waals surface area contributed by atoms with Gasteiger partial charge in [0.05, 0.1) is 0 Å². The Labute approximate surface area is 93.9 Å². The van der Waals surface area contributed by atoms with Crippen LogP contribution in [0.1, 0.15) is 32.6 Å². The monoisotopic (exact) mass is 214 g/mol. The van der Waals surface area contributed by atoms with Gasteiger partial charge in [0, 0.05) is 25.7 Å². The van der Waals surface area contributed by atoms with Gasteiger partial charge in [-0.15, -0.1) is 0 Å². The van der Waals surface area contributed by atoms with Gasteiger partial charge in [0.25, 0.3) is 0 Å². The second kappa shape index (κ2) is 7.20. The minimum Gasteiger partial charge on any atom is -0.396 e. The summed E-state index contributed by atoms with van der Waals surface area (Å²) < 4.78 is 0. The van der Waals surface area contributed by atoms with Crippen LogP contribution in [0, 0.1) is 5.92 Å². The van der Waals surface area contributed by atoms with E-state index in [0.29, 0.717) is 12.6 Å². The zero-order valence-electron chi connectivity index (χ0n) is 10.2. The quantitative estimate of drug-likeness (QED) is 0.650. The summed E-state index contributed by atoms with van der Waals surface area (Å²) in [4.78, 5) is 2.43. The Morgan fingerprint density at radius 1 is 1.40 bits per heavy atom. The van der Waals surface area contributed by atoms with Crippen LogP contribution in [0.3, 0.4) is 0 Å². The summed E-state index contributed by atoms with van der Waals surface area (Å²) in [7, 11) is 2.21. The highest BCUT2D eigenvalue weighted by atomic mass is 16.3. The molecule has 0 aliphatic carbocycles. The summed E-state index contributed by atoms with van der Waals surface area (Å²) in [5, 5.41) is 12.3. The minimum absolute atomic E-state index is 0.300. The van der Waals surface area contributed by atoms with Crippen molar-refractivity contribution in [1.29, 1.82) is 0 Å². The van der Waals surface area contributed by atoms with Gasteiger partial charge in [0.2, 0.25) is 0 Å². The number of aliphatic hydroxyl groups excluding tert-OH is 1. The van der Waals surface area contributed by atoms with Gasteiger partial charge in [-0.2, -0.15) is 0 Å². The Morgan fingerprint density at radius 2 is 2.20 bits per heavy atom. The Hall–Kier alpha value is -0.120. The number of likely N-dealkylation sites (tertiary alicyclic amines) is 1. The molecule has 0 radical (unpaired) electrons. The maximum Gasteiger partial charge on any atom is 0.0443 e. The topological polar surface area (TPSA) is 35.5 Å². The van der Waals surface area contributed by atoms with Gasteiger partial charge < -0.3 is 15.3 Å². The first-order valence-corrected chi connectivity index (χ1v) is 6.29. The van der Waals surface area contributed by atoms with Crippen LogP contribution in [-0.2, 0) is 0 Å². The molecule has 1 heterocycles. The van der Waals surface area contributed by atoms with E-state index in [-0.39, 0.29) is 0 Å². The first-order chi connectivity index (χ1) is 7.26. The summed E-state index contributed by atoms with van der Waals surface area (Å²) in [5.74, 6) is 0.861. The first-order valence-electron chi connectivity index (χ1n) is 6.29. The fraction of sp³-hybridized carbons (Fsp3) is 1.00. The third kappa shape index (κ3) is 4.96. The molecule has 15 heavy (non-hydrogen) atoms. The average Bonchev–Trinajstić information content (AvgIpc) is 2.18. The molecule has 0 aromatic rings. The summed E-state index contributed by atoms with van der Waals surface area (Å²) >= 11 is 0. The summed E-state index contributed by atoms with van der Waals surface area (Å²) in [6.07, 6.45) is 4.83. The molecule has 0 amide bonds. The second-order valence-electron chi connectivity index (χ2n) is 4.84. The predicted octanol–water partition coefficient (Wildman–Crippen LogP) is 1.08. The van der Waals surface area contributed by atoms with E-state index < -0.39 is 0 Å². The smallest absolute Gasteiger partial charge is 0.0443 e. The molecule has 3 heteroatoms. The lowest BCUT2D eigenvalue weighted by Gasteiger charge is -2.36. The van der Waals surface area contributed by atoms with Gasteiger partial charge in [-0.3, -0.25) is 0 Å². The second-order valence-corrected chi connectivity index (χ2v) is 4.84. The van der Waals surface area contributed by atoms with E-state index in [1.807, 2.05) is 0 Å². The van der Waals surface area contributed by atoms with Crippen molar-refractivity contribution in [3.63, 3.8) is 0 Å². The number of hydrogen-bond donors (Lipinski definition) is 2. The highest BCUT2D eigenvalue weighted by Crippen LogP contribution is 2.20. The standard InChI is InChI=1S/C12H26N2O/c1-3-5-11-8-12(10-14(2)9-11)13-6-4-7-15/h11-13,15H,3-10H2,1-2H3. The third-order valence-electron chi connectivity index (χ3n) is 3.18. The van der Waals surface area contributed by atoms with Gasteiger partial charge >= 0.3 is 0 Å². The van der Waals surface area contributed by atoms with Crippen LogP contribution < -0.4 is 5.32 Å². The van der Waals surface area contributed by atoms with Crippen molar-refractivity contribution in [2.24, 2.45) is 5.92 Å². The van der Waals surface area contributed by atoms with E-state index in [1.165, 1.54) is 25.8 Å². The van der Waals surface area contributed by atoms with Gasteiger partial charge in [0.1, 0.15) is 0 Å². The number of piperidine rings is 1. The summed E-state index contributed by atoms with van der Waals surface area (Å²) in [5.41, 5.74) is 0. The minimum atomic E-state index is 0.300. The Morgan fingerprint density at radius 3 is 2.87 bits per heavy atom. The maximum atomic E-state index is 8.73. The molecule has 1 fully saturated rings. The third-order valence-corrected chi connectivity index (χ3v) is 3.18. The molecule has 2 atom stereocenters. The van der Waals surface area contributed by atoms with E-state index in [1.54, 1.807) is 0 Å². The normalized spacial score (nSPS) is 28.2. The van der Waals surface area contributed by atoms with Crippen LogP contribution in [0.15, 0.2) is 0 Å². The van der Waals surface area contributed by atoms with Gasteiger partial charge in [-0.25, -0.2) is 0 Å². The van der Waals surface area contributed by atoms with Crippen molar-refractivity contribution in [2.45, 2.75) is 38.6 Å². The number of nitrogens with zero attached hydrogens (tertiary/aromatic N) is 1. The lowest BCUT2D eigenvalue weighted by atomic mass is 9.91. The molecule has 2 N–H and O–H groups in total. The zero-order valence-corrected chi connectivity index (χ0v) is 10.2. The fourth-order valence-corrected chi connectivity index (χ4v) is 2.59. The SMILES string of the molecule is CCCC1CC(NCCCO)CN(C)C1. The number of aliphatic hydroxyl groups is 1. The Bertz CT molecular complexity index is 164.